The van der Waals surface area contributed by atoms with Crippen molar-refractivity contribution in [2.75, 3.05) is 27.1 Å². The Morgan fingerprint density at radius 3 is 2.34 bits per heavy atom. The SMILES string of the molecule is COCc1nc2nc(-c3ccccc3)nn2c(N)c1-c1ccc(OC)c(OC)c1. The molecule has 2 N–H and O–H groups in total. The van der Waals surface area contributed by atoms with E-state index in [9.17, 15) is 0 Å². The van der Waals surface area contributed by atoms with Crippen LogP contribution in [0.3, 0.4) is 0 Å². The van der Waals surface area contributed by atoms with Crippen molar-refractivity contribution in [2.24, 2.45) is 0 Å². The number of anilines is 1. The lowest BCUT2D eigenvalue weighted by Crippen LogP contribution is -2.08. The topological polar surface area (TPSA) is 96.8 Å². The maximum Gasteiger partial charge on any atom is 0.255 e. The molecular weight excluding hydrogens is 370 g/mol. The molecule has 2 heterocycles. The van der Waals surface area contributed by atoms with E-state index < -0.39 is 0 Å². The molecule has 4 rings (SSSR count). The predicted molar refractivity (Wildman–Crippen MR) is 110 cm³/mol. The average Bonchev–Trinajstić information content (AvgIpc) is 3.19. The smallest absolute Gasteiger partial charge is 0.255 e. The minimum Gasteiger partial charge on any atom is -0.493 e. The molecular formula is C21H21N5O3. The third kappa shape index (κ3) is 3.34. The number of nitrogens with two attached hydrogens (primary N) is 1. The van der Waals surface area contributed by atoms with Gasteiger partial charge in [0.25, 0.3) is 5.78 Å². The van der Waals surface area contributed by atoms with E-state index in [1.165, 1.54) is 0 Å². The van der Waals surface area contributed by atoms with E-state index in [4.69, 9.17) is 19.9 Å². The van der Waals surface area contributed by atoms with Crippen molar-refractivity contribution in [3.8, 4) is 34.0 Å². The Morgan fingerprint density at radius 2 is 1.66 bits per heavy atom. The van der Waals surface area contributed by atoms with Gasteiger partial charge >= 0.3 is 0 Å². The Morgan fingerprint density at radius 1 is 0.897 bits per heavy atom. The lowest BCUT2D eigenvalue weighted by Gasteiger charge is -2.14. The maximum absolute atomic E-state index is 6.53. The summed E-state index contributed by atoms with van der Waals surface area (Å²) in [6.07, 6.45) is 0. The molecule has 0 atom stereocenters. The number of ether oxygens (including phenoxy) is 3. The minimum absolute atomic E-state index is 0.276. The zero-order valence-corrected chi connectivity index (χ0v) is 16.4. The standard InChI is InChI=1S/C21H21N5O3/c1-27-12-15-18(14-9-10-16(28-2)17(11-14)29-3)19(22)26-21(23-15)24-20(25-26)13-7-5-4-6-8-13/h4-11H,12,22H2,1-3H3. The highest BCUT2D eigenvalue weighted by Gasteiger charge is 2.19. The van der Waals surface area contributed by atoms with Crippen molar-refractivity contribution in [3.63, 3.8) is 0 Å². The van der Waals surface area contributed by atoms with Gasteiger partial charge in [0.05, 0.1) is 26.5 Å². The molecule has 2 aromatic carbocycles. The van der Waals surface area contributed by atoms with Gasteiger partial charge in [0, 0.05) is 18.2 Å². The fourth-order valence-corrected chi connectivity index (χ4v) is 3.23. The van der Waals surface area contributed by atoms with Crippen LogP contribution in [0.2, 0.25) is 0 Å². The third-order valence-electron chi connectivity index (χ3n) is 4.58. The van der Waals surface area contributed by atoms with Crippen molar-refractivity contribution in [1.29, 1.82) is 0 Å². The number of aromatic nitrogens is 4. The average molecular weight is 391 g/mol. The Kier molecular flexibility index (Phi) is 5.01. The zero-order chi connectivity index (χ0) is 20.4. The highest BCUT2D eigenvalue weighted by atomic mass is 16.5. The molecule has 0 spiro atoms. The Bertz CT molecular complexity index is 1160. The molecule has 0 radical (unpaired) electrons. The Labute approximate surface area is 167 Å². The first-order valence-electron chi connectivity index (χ1n) is 8.98. The van der Waals surface area contributed by atoms with Gasteiger partial charge in [-0.25, -0.2) is 4.98 Å². The molecule has 8 nitrogen and oxygen atoms in total. The number of hydrogen-bond acceptors (Lipinski definition) is 7. The van der Waals surface area contributed by atoms with Gasteiger partial charge in [-0.15, -0.1) is 5.10 Å². The first-order valence-corrected chi connectivity index (χ1v) is 8.98. The van der Waals surface area contributed by atoms with Crippen LogP contribution in [-0.2, 0) is 11.3 Å². The predicted octanol–water partition coefficient (Wildman–Crippen LogP) is 3.20. The summed E-state index contributed by atoms with van der Waals surface area (Å²) >= 11 is 0. The van der Waals surface area contributed by atoms with Crippen molar-refractivity contribution < 1.29 is 14.2 Å². The summed E-state index contributed by atoms with van der Waals surface area (Å²) in [6.45, 7) is 0.276. The second-order valence-electron chi connectivity index (χ2n) is 6.33. The van der Waals surface area contributed by atoms with Gasteiger partial charge in [0.2, 0.25) is 0 Å². The summed E-state index contributed by atoms with van der Waals surface area (Å²) < 4.78 is 17.7. The minimum atomic E-state index is 0.276. The van der Waals surface area contributed by atoms with Gasteiger partial charge in [-0.2, -0.15) is 9.50 Å². The molecule has 8 heteroatoms. The van der Waals surface area contributed by atoms with E-state index in [0.717, 1.165) is 11.1 Å². The summed E-state index contributed by atoms with van der Waals surface area (Å²) in [6, 6.07) is 15.3. The van der Waals surface area contributed by atoms with Gasteiger partial charge in [-0.1, -0.05) is 36.4 Å². The quantitative estimate of drug-likeness (QED) is 0.539. The molecule has 0 aliphatic carbocycles. The first kappa shape index (κ1) is 18.7. The highest BCUT2D eigenvalue weighted by Crippen LogP contribution is 2.36. The Balaban J connectivity index is 1.93. The molecule has 0 bridgehead atoms. The lowest BCUT2D eigenvalue weighted by molar-refractivity contribution is 0.182. The van der Waals surface area contributed by atoms with Crippen molar-refractivity contribution in [1.82, 2.24) is 19.6 Å². The van der Waals surface area contributed by atoms with Crippen LogP contribution in [0.1, 0.15) is 5.69 Å². The number of nitrogens with zero attached hydrogens (tertiary/aromatic N) is 4. The molecule has 0 aliphatic rings. The van der Waals surface area contributed by atoms with Gasteiger partial charge in [-0.05, 0) is 17.7 Å². The van der Waals surface area contributed by atoms with Crippen LogP contribution in [0.4, 0.5) is 5.82 Å². The van der Waals surface area contributed by atoms with Crippen LogP contribution in [0, 0.1) is 0 Å². The van der Waals surface area contributed by atoms with E-state index >= 15 is 0 Å². The van der Waals surface area contributed by atoms with Crippen LogP contribution in [0.25, 0.3) is 28.3 Å². The molecule has 0 saturated heterocycles. The van der Waals surface area contributed by atoms with Crippen molar-refractivity contribution >= 4 is 11.6 Å². The highest BCUT2D eigenvalue weighted by molar-refractivity contribution is 5.79. The molecule has 0 unspecified atom stereocenters. The summed E-state index contributed by atoms with van der Waals surface area (Å²) in [5.41, 5.74) is 9.61. The monoisotopic (exact) mass is 391 g/mol. The van der Waals surface area contributed by atoms with Gasteiger partial charge in [-0.3, -0.25) is 0 Å². The van der Waals surface area contributed by atoms with Crippen LogP contribution in [0.15, 0.2) is 48.5 Å². The largest absolute Gasteiger partial charge is 0.493 e. The summed E-state index contributed by atoms with van der Waals surface area (Å²) in [4.78, 5) is 9.20. The van der Waals surface area contributed by atoms with E-state index in [2.05, 4.69) is 15.1 Å². The van der Waals surface area contributed by atoms with Gasteiger partial charge < -0.3 is 19.9 Å². The fourth-order valence-electron chi connectivity index (χ4n) is 3.23. The molecule has 148 valence electrons. The number of hydrogen-bond donors (Lipinski definition) is 1. The molecule has 4 aromatic rings. The third-order valence-corrected chi connectivity index (χ3v) is 4.58. The normalized spacial score (nSPS) is 11.0. The lowest BCUT2D eigenvalue weighted by atomic mass is 10.0. The maximum atomic E-state index is 6.53. The number of methoxy groups -OCH3 is 3. The van der Waals surface area contributed by atoms with Crippen LogP contribution in [0.5, 0.6) is 11.5 Å². The van der Waals surface area contributed by atoms with Crippen molar-refractivity contribution in [3.05, 3.63) is 54.2 Å². The zero-order valence-electron chi connectivity index (χ0n) is 16.4. The van der Waals surface area contributed by atoms with Crippen LogP contribution in [-0.4, -0.2) is 40.9 Å². The molecule has 0 amide bonds. The van der Waals surface area contributed by atoms with Crippen LogP contribution < -0.4 is 15.2 Å². The molecule has 0 saturated carbocycles. The Hall–Kier alpha value is -3.65. The second kappa shape index (κ2) is 7.76. The van der Waals surface area contributed by atoms with Crippen LogP contribution >= 0.6 is 0 Å². The molecule has 29 heavy (non-hydrogen) atoms. The molecule has 0 fully saturated rings. The summed E-state index contributed by atoms with van der Waals surface area (Å²) in [5, 5.41) is 4.57. The fraction of sp³-hybridized carbons (Fsp3) is 0.190. The van der Waals surface area contributed by atoms with E-state index in [0.29, 0.717) is 40.2 Å². The van der Waals surface area contributed by atoms with E-state index in [-0.39, 0.29) is 6.61 Å². The van der Waals surface area contributed by atoms with E-state index in [1.54, 1.807) is 25.8 Å². The van der Waals surface area contributed by atoms with Gasteiger partial charge in [0.1, 0.15) is 5.82 Å². The number of benzene rings is 2. The number of fused-ring (bicyclic) bond motifs is 1. The summed E-state index contributed by atoms with van der Waals surface area (Å²) in [5.74, 6) is 2.61. The number of rotatable bonds is 6. The number of nitrogen functional groups attached to an aromatic ring is 1. The van der Waals surface area contributed by atoms with Crippen molar-refractivity contribution in [2.45, 2.75) is 6.61 Å². The second-order valence-corrected chi connectivity index (χ2v) is 6.33. The summed E-state index contributed by atoms with van der Waals surface area (Å²) in [7, 11) is 4.79. The van der Waals surface area contributed by atoms with E-state index in [1.807, 2.05) is 48.5 Å². The first-order chi connectivity index (χ1) is 14.2. The van der Waals surface area contributed by atoms with Gasteiger partial charge in [0.15, 0.2) is 17.3 Å². The molecule has 0 aliphatic heterocycles. The molecule has 2 aromatic heterocycles.